The Kier molecular flexibility index (Phi) is 7.90. The van der Waals surface area contributed by atoms with Crippen LogP contribution >= 0.6 is 0 Å². The number of anilines is 2. The van der Waals surface area contributed by atoms with Gasteiger partial charge in [-0.05, 0) is 122 Å². The summed E-state index contributed by atoms with van der Waals surface area (Å²) >= 11 is 0. The molecule has 1 aromatic rings. The van der Waals surface area contributed by atoms with E-state index in [9.17, 15) is 24.9 Å². The van der Waals surface area contributed by atoms with Crippen molar-refractivity contribution in [2.24, 2.45) is 46.3 Å². The molecule has 0 bridgehead atoms. The van der Waals surface area contributed by atoms with Gasteiger partial charge in [0.15, 0.2) is 0 Å². The summed E-state index contributed by atoms with van der Waals surface area (Å²) in [5.41, 5.74) is 1.22. The van der Waals surface area contributed by atoms with Gasteiger partial charge >= 0.3 is 0 Å². The molecule has 39 heavy (non-hydrogen) atoms. The van der Waals surface area contributed by atoms with Crippen molar-refractivity contribution in [2.75, 3.05) is 10.6 Å². The summed E-state index contributed by atoms with van der Waals surface area (Å²) in [5, 5.41) is 39.2. The van der Waals surface area contributed by atoms with Crippen LogP contribution in [0.4, 0.5) is 11.4 Å². The minimum absolute atomic E-state index is 0.0285. The molecule has 0 unspecified atom stereocenters. The van der Waals surface area contributed by atoms with Gasteiger partial charge in [-0.25, -0.2) is 0 Å². The van der Waals surface area contributed by atoms with Gasteiger partial charge in [0, 0.05) is 24.7 Å². The number of amides is 2. The Morgan fingerprint density at radius 1 is 0.949 bits per heavy atom. The average Bonchev–Trinajstić information content (AvgIpc) is 3.23. The summed E-state index contributed by atoms with van der Waals surface area (Å²) in [6, 6.07) is 7.12. The van der Waals surface area contributed by atoms with Crippen LogP contribution in [-0.2, 0) is 9.59 Å². The predicted molar refractivity (Wildman–Crippen MR) is 152 cm³/mol. The number of hydrogen-bond acceptors (Lipinski definition) is 5. The van der Waals surface area contributed by atoms with E-state index in [2.05, 4.69) is 31.4 Å². The molecule has 11 atom stereocenters. The molecule has 4 fully saturated rings. The van der Waals surface area contributed by atoms with Crippen molar-refractivity contribution in [1.82, 2.24) is 0 Å². The van der Waals surface area contributed by atoms with Crippen LogP contribution in [0.3, 0.4) is 0 Å². The van der Waals surface area contributed by atoms with Crippen molar-refractivity contribution in [3.05, 3.63) is 24.3 Å². The van der Waals surface area contributed by atoms with Gasteiger partial charge in [0.05, 0.1) is 18.3 Å². The molecule has 216 valence electrons. The summed E-state index contributed by atoms with van der Waals surface area (Å²) in [6.45, 7) is 8.31. The molecule has 5 N–H and O–H groups in total. The lowest BCUT2D eigenvalue weighted by atomic mass is 9.43. The first kappa shape index (κ1) is 28.6. The third kappa shape index (κ3) is 5.15. The van der Waals surface area contributed by atoms with Crippen LogP contribution in [0.5, 0.6) is 0 Å². The molecule has 7 nitrogen and oxygen atoms in total. The van der Waals surface area contributed by atoms with E-state index in [0.717, 1.165) is 51.4 Å². The zero-order chi connectivity index (χ0) is 28.1. The maximum atomic E-state index is 12.8. The van der Waals surface area contributed by atoms with E-state index in [1.165, 1.54) is 6.92 Å². The second-order valence-corrected chi connectivity index (χ2v) is 13.8. The summed E-state index contributed by atoms with van der Waals surface area (Å²) < 4.78 is 0. The fourth-order valence-electron chi connectivity index (χ4n) is 9.76. The smallest absolute Gasteiger partial charge is 0.224 e. The van der Waals surface area contributed by atoms with Gasteiger partial charge in [0.2, 0.25) is 11.8 Å². The number of hydrogen-bond donors (Lipinski definition) is 5. The Balaban J connectivity index is 1.23. The summed E-state index contributed by atoms with van der Waals surface area (Å²) in [7, 11) is 0. The van der Waals surface area contributed by atoms with Crippen molar-refractivity contribution in [1.29, 1.82) is 0 Å². The van der Waals surface area contributed by atoms with Crippen molar-refractivity contribution in [3.63, 3.8) is 0 Å². The van der Waals surface area contributed by atoms with E-state index in [0.29, 0.717) is 35.5 Å². The lowest BCUT2D eigenvalue weighted by Gasteiger charge is -2.63. The Labute approximate surface area is 233 Å². The standard InChI is InChI=1S/C32H48N2O5/c1-18(5-12-29(39)34-22-8-6-21(7-9-22)33-19(2)35)24-10-11-25-30-26(17-28(38)32(24,25)4)31(3)14-13-23(36)15-20(31)16-27(30)37/h6-9,18,20,23-28,30,36-38H,5,10-17H2,1-4H3,(H,33,35)(H,34,39)/t18-,20-,23-,24+,25-,26-,27-,28+,30+,31+,32-/m1/s1. The van der Waals surface area contributed by atoms with Crippen LogP contribution < -0.4 is 10.6 Å². The maximum absolute atomic E-state index is 12.8. The largest absolute Gasteiger partial charge is 0.393 e. The molecule has 0 aliphatic heterocycles. The first-order chi connectivity index (χ1) is 18.4. The Hall–Kier alpha value is -1.96. The topological polar surface area (TPSA) is 119 Å². The third-order valence-corrected chi connectivity index (χ3v) is 11.8. The second kappa shape index (κ2) is 10.8. The number of fused-ring (bicyclic) bond motifs is 5. The zero-order valence-electron chi connectivity index (χ0n) is 24.0. The molecule has 4 saturated carbocycles. The van der Waals surface area contributed by atoms with Crippen LogP contribution in [0.25, 0.3) is 0 Å². The lowest BCUT2D eigenvalue weighted by molar-refractivity contribution is -0.207. The number of nitrogens with one attached hydrogen (secondary N) is 2. The molecular weight excluding hydrogens is 492 g/mol. The fourth-order valence-corrected chi connectivity index (χ4v) is 9.76. The van der Waals surface area contributed by atoms with E-state index in [1.807, 2.05) is 0 Å². The zero-order valence-corrected chi connectivity index (χ0v) is 24.0. The molecule has 1 aromatic carbocycles. The highest BCUT2D eigenvalue weighted by Crippen LogP contribution is 2.68. The molecule has 0 saturated heterocycles. The first-order valence-electron chi connectivity index (χ1n) is 15.1. The van der Waals surface area contributed by atoms with E-state index < -0.39 is 6.10 Å². The van der Waals surface area contributed by atoms with Crippen molar-refractivity contribution < 1.29 is 24.9 Å². The van der Waals surface area contributed by atoms with Crippen LogP contribution in [0.15, 0.2) is 24.3 Å². The van der Waals surface area contributed by atoms with Gasteiger partial charge in [0.25, 0.3) is 0 Å². The van der Waals surface area contributed by atoms with Crippen LogP contribution in [-0.4, -0.2) is 45.4 Å². The molecule has 7 heteroatoms. The minimum Gasteiger partial charge on any atom is -0.393 e. The summed E-state index contributed by atoms with van der Waals surface area (Å²) in [6.07, 6.45) is 6.26. The lowest BCUT2D eigenvalue weighted by Crippen LogP contribution is -2.62. The molecule has 0 aromatic heterocycles. The molecular formula is C32H48N2O5. The van der Waals surface area contributed by atoms with Gasteiger partial charge in [0.1, 0.15) is 0 Å². The third-order valence-electron chi connectivity index (χ3n) is 11.8. The predicted octanol–water partition coefficient (Wildman–Crippen LogP) is 4.96. The number of rotatable bonds is 6. The van der Waals surface area contributed by atoms with E-state index >= 15 is 0 Å². The minimum atomic E-state index is -0.413. The highest BCUT2D eigenvalue weighted by atomic mass is 16.3. The van der Waals surface area contributed by atoms with E-state index in [-0.39, 0.29) is 52.6 Å². The van der Waals surface area contributed by atoms with Crippen molar-refractivity contribution in [3.8, 4) is 0 Å². The second-order valence-electron chi connectivity index (χ2n) is 13.8. The number of aliphatic hydroxyl groups is 3. The molecule has 4 aliphatic rings. The van der Waals surface area contributed by atoms with Crippen LogP contribution in [0.1, 0.15) is 85.5 Å². The van der Waals surface area contributed by atoms with Gasteiger partial charge < -0.3 is 26.0 Å². The Morgan fingerprint density at radius 3 is 2.28 bits per heavy atom. The summed E-state index contributed by atoms with van der Waals surface area (Å²) in [5.74, 6) is 1.55. The van der Waals surface area contributed by atoms with Gasteiger partial charge in [-0.1, -0.05) is 20.8 Å². The average molecular weight is 541 g/mol. The Morgan fingerprint density at radius 2 is 1.62 bits per heavy atom. The first-order valence-corrected chi connectivity index (χ1v) is 15.1. The highest BCUT2D eigenvalue weighted by molar-refractivity contribution is 5.92. The highest BCUT2D eigenvalue weighted by Gasteiger charge is 2.65. The van der Waals surface area contributed by atoms with Gasteiger partial charge in [-0.3, -0.25) is 9.59 Å². The Bertz CT molecular complexity index is 1060. The number of benzene rings is 1. The molecule has 0 heterocycles. The number of aliphatic hydroxyl groups excluding tert-OH is 3. The quantitative estimate of drug-likeness (QED) is 0.349. The molecule has 2 amide bonds. The molecule has 5 rings (SSSR count). The van der Waals surface area contributed by atoms with Crippen LogP contribution in [0.2, 0.25) is 0 Å². The van der Waals surface area contributed by atoms with Crippen molar-refractivity contribution in [2.45, 2.75) is 104 Å². The molecule has 0 radical (unpaired) electrons. The van der Waals surface area contributed by atoms with E-state index in [4.69, 9.17) is 0 Å². The summed E-state index contributed by atoms with van der Waals surface area (Å²) in [4.78, 5) is 24.0. The van der Waals surface area contributed by atoms with Crippen LogP contribution in [0, 0.1) is 46.3 Å². The fraction of sp³-hybridized carbons (Fsp3) is 0.750. The number of carbonyl (C=O) groups excluding carboxylic acids is 2. The van der Waals surface area contributed by atoms with E-state index in [1.54, 1.807) is 24.3 Å². The monoisotopic (exact) mass is 540 g/mol. The van der Waals surface area contributed by atoms with Crippen molar-refractivity contribution >= 4 is 23.2 Å². The van der Waals surface area contributed by atoms with Gasteiger partial charge in [-0.2, -0.15) is 0 Å². The molecule has 0 spiro atoms. The maximum Gasteiger partial charge on any atom is 0.224 e. The SMILES string of the molecule is CC(=O)Nc1ccc(NC(=O)CC[C@@H](C)[C@@H]2CC[C@@H]3[C@@H]4[C@H](O)C[C@H]5C[C@H](O)CC[C@]5(C)[C@@H]4C[C@H](O)[C@@]32C)cc1. The number of carbonyl (C=O) groups is 2. The molecule has 4 aliphatic carbocycles. The van der Waals surface area contributed by atoms with Gasteiger partial charge in [-0.15, -0.1) is 0 Å². The normalized spacial score (nSPS) is 42.0.